The highest BCUT2D eigenvalue weighted by atomic mass is 35.5. The van der Waals surface area contributed by atoms with Gasteiger partial charge in [0.05, 0.1) is 23.6 Å². The van der Waals surface area contributed by atoms with Gasteiger partial charge in [0.2, 0.25) is 5.76 Å². The van der Waals surface area contributed by atoms with Crippen molar-refractivity contribution in [1.82, 2.24) is 9.47 Å². The van der Waals surface area contributed by atoms with E-state index in [0.29, 0.717) is 5.69 Å². The largest absolute Gasteiger partial charge is 0.463 e. The molecular formula is C23H18ClFN2O5S. The number of amides is 2. The van der Waals surface area contributed by atoms with Crippen LogP contribution in [0, 0.1) is 19.7 Å². The number of nitrogens with zero attached hydrogens (tertiary/aromatic N) is 2. The van der Waals surface area contributed by atoms with E-state index in [0.717, 1.165) is 33.6 Å². The van der Waals surface area contributed by atoms with E-state index in [2.05, 4.69) is 4.74 Å². The van der Waals surface area contributed by atoms with Crippen LogP contribution in [0.4, 0.5) is 9.18 Å². The minimum atomic E-state index is -0.645. The predicted octanol–water partition coefficient (Wildman–Crippen LogP) is 5.50. The Labute approximate surface area is 197 Å². The molecular weight excluding hydrogens is 471 g/mol. The quantitative estimate of drug-likeness (QED) is 0.348. The van der Waals surface area contributed by atoms with Crippen LogP contribution < -0.4 is 0 Å². The number of thioether (sulfide) groups is 1. The number of carbonyl (C=O) groups is 3. The fourth-order valence-corrected chi connectivity index (χ4v) is 4.57. The topological polar surface area (TPSA) is 81.8 Å². The van der Waals surface area contributed by atoms with Gasteiger partial charge in [-0.15, -0.1) is 0 Å². The number of aryl methyl sites for hydroxylation is 1. The van der Waals surface area contributed by atoms with E-state index >= 15 is 0 Å². The summed E-state index contributed by atoms with van der Waals surface area (Å²) < 4.78 is 25.4. The molecule has 0 aliphatic carbocycles. The van der Waals surface area contributed by atoms with Gasteiger partial charge >= 0.3 is 5.97 Å². The molecule has 33 heavy (non-hydrogen) atoms. The predicted molar refractivity (Wildman–Crippen MR) is 122 cm³/mol. The van der Waals surface area contributed by atoms with E-state index in [1.165, 1.54) is 31.4 Å². The summed E-state index contributed by atoms with van der Waals surface area (Å²) in [6.07, 6.45) is 1.65. The summed E-state index contributed by atoms with van der Waals surface area (Å²) in [5.74, 6) is -1.34. The highest BCUT2D eigenvalue weighted by molar-refractivity contribution is 8.18. The molecule has 1 saturated heterocycles. The standard InChI is InChI=1S/C23H18ClFN2O5S/c1-12-8-14(13(2)27(12)15-4-6-18(25)17(24)10-15)9-20-21(28)26(23(30)33-20)11-16-5-7-19(32-16)22(29)31-3/h4-10H,11H2,1-3H3/b20-9+. The zero-order valence-corrected chi connectivity index (χ0v) is 19.4. The van der Waals surface area contributed by atoms with Gasteiger partial charge in [-0.3, -0.25) is 14.5 Å². The number of imide groups is 1. The summed E-state index contributed by atoms with van der Waals surface area (Å²) >= 11 is 6.76. The molecule has 1 aliphatic rings. The summed E-state index contributed by atoms with van der Waals surface area (Å²) in [7, 11) is 1.23. The van der Waals surface area contributed by atoms with Crippen molar-refractivity contribution in [2.75, 3.05) is 7.11 Å². The van der Waals surface area contributed by atoms with Gasteiger partial charge in [-0.05, 0) is 73.6 Å². The van der Waals surface area contributed by atoms with Gasteiger partial charge in [-0.1, -0.05) is 11.6 Å². The van der Waals surface area contributed by atoms with Crippen LogP contribution in [0.1, 0.15) is 33.3 Å². The monoisotopic (exact) mass is 488 g/mol. The molecule has 0 radical (unpaired) electrons. The van der Waals surface area contributed by atoms with Crippen LogP contribution in [0.25, 0.3) is 11.8 Å². The maximum atomic E-state index is 13.6. The minimum Gasteiger partial charge on any atom is -0.463 e. The number of benzene rings is 1. The summed E-state index contributed by atoms with van der Waals surface area (Å²) in [6, 6.07) is 9.25. The molecule has 10 heteroatoms. The molecule has 7 nitrogen and oxygen atoms in total. The Bertz CT molecular complexity index is 1330. The summed E-state index contributed by atoms with van der Waals surface area (Å²) in [4.78, 5) is 38.2. The van der Waals surface area contributed by atoms with Gasteiger partial charge in [0.25, 0.3) is 11.1 Å². The van der Waals surface area contributed by atoms with Crippen LogP contribution in [-0.2, 0) is 16.1 Å². The van der Waals surface area contributed by atoms with Crippen LogP contribution in [-0.4, -0.2) is 33.7 Å². The van der Waals surface area contributed by atoms with E-state index in [4.69, 9.17) is 16.0 Å². The normalized spacial score (nSPS) is 15.1. The van der Waals surface area contributed by atoms with E-state index < -0.39 is 22.9 Å². The molecule has 0 spiro atoms. The number of ether oxygens (including phenoxy) is 1. The first-order chi connectivity index (χ1) is 15.7. The third-order valence-corrected chi connectivity index (χ3v) is 6.35. The first-order valence-electron chi connectivity index (χ1n) is 9.76. The smallest absolute Gasteiger partial charge is 0.373 e. The van der Waals surface area contributed by atoms with Gasteiger partial charge in [0, 0.05) is 17.1 Å². The molecule has 0 N–H and O–H groups in total. The molecule has 0 unspecified atom stereocenters. The molecule has 0 saturated carbocycles. The second-order valence-electron chi connectivity index (χ2n) is 7.29. The number of halogens is 2. The van der Waals surface area contributed by atoms with Gasteiger partial charge in [0.15, 0.2) is 0 Å². The number of methoxy groups -OCH3 is 1. The Balaban J connectivity index is 1.59. The minimum absolute atomic E-state index is 0.0101. The van der Waals surface area contributed by atoms with Crippen LogP contribution in [0.2, 0.25) is 5.02 Å². The Morgan fingerprint density at radius 1 is 1.21 bits per heavy atom. The Morgan fingerprint density at radius 3 is 2.67 bits per heavy atom. The zero-order valence-electron chi connectivity index (χ0n) is 17.8. The van der Waals surface area contributed by atoms with Crippen LogP contribution >= 0.6 is 23.4 Å². The van der Waals surface area contributed by atoms with Crippen molar-refractivity contribution in [2.24, 2.45) is 0 Å². The maximum absolute atomic E-state index is 13.6. The average Bonchev–Trinajstić information content (AvgIpc) is 3.43. The summed E-state index contributed by atoms with van der Waals surface area (Å²) in [6.45, 7) is 3.63. The van der Waals surface area contributed by atoms with E-state index in [1.807, 2.05) is 24.5 Å². The van der Waals surface area contributed by atoms with E-state index in [1.54, 1.807) is 12.1 Å². The highest BCUT2D eigenvalue weighted by Gasteiger charge is 2.36. The second-order valence-corrected chi connectivity index (χ2v) is 8.69. The fourth-order valence-electron chi connectivity index (χ4n) is 3.56. The number of aromatic nitrogens is 1. The van der Waals surface area contributed by atoms with Gasteiger partial charge in [0.1, 0.15) is 11.6 Å². The Hall–Kier alpha value is -3.30. The SMILES string of the molecule is COC(=O)c1ccc(CN2C(=O)S/C(=C/c3cc(C)n(-c4ccc(F)c(Cl)c4)c3C)C2=O)o1. The van der Waals surface area contributed by atoms with Crippen molar-refractivity contribution >= 4 is 46.6 Å². The average molecular weight is 489 g/mol. The van der Waals surface area contributed by atoms with E-state index in [-0.39, 0.29) is 28.0 Å². The molecule has 1 fully saturated rings. The number of hydrogen-bond donors (Lipinski definition) is 0. The number of carbonyl (C=O) groups excluding carboxylic acids is 3. The number of rotatable bonds is 5. The van der Waals surface area contributed by atoms with Crippen molar-refractivity contribution in [3.05, 3.63) is 80.6 Å². The Morgan fingerprint density at radius 2 is 1.97 bits per heavy atom. The third kappa shape index (κ3) is 4.34. The number of hydrogen-bond acceptors (Lipinski definition) is 6. The van der Waals surface area contributed by atoms with Crippen molar-refractivity contribution in [3.8, 4) is 5.69 Å². The first kappa shape index (κ1) is 22.9. The molecule has 3 aromatic rings. The van der Waals surface area contributed by atoms with Crippen LogP contribution in [0.3, 0.4) is 0 Å². The molecule has 2 aromatic heterocycles. The van der Waals surface area contributed by atoms with E-state index in [9.17, 15) is 18.8 Å². The lowest BCUT2D eigenvalue weighted by atomic mass is 10.2. The third-order valence-electron chi connectivity index (χ3n) is 5.15. The second kappa shape index (κ2) is 8.92. The lowest BCUT2D eigenvalue weighted by Crippen LogP contribution is -2.27. The summed E-state index contributed by atoms with van der Waals surface area (Å²) in [5.41, 5.74) is 3.08. The molecule has 170 valence electrons. The molecule has 4 rings (SSSR count). The van der Waals surface area contributed by atoms with Gasteiger partial charge < -0.3 is 13.7 Å². The fraction of sp³-hybridized carbons (Fsp3) is 0.174. The van der Waals surface area contributed by atoms with Crippen molar-refractivity contribution in [3.63, 3.8) is 0 Å². The molecule has 1 aliphatic heterocycles. The molecule has 3 heterocycles. The van der Waals surface area contributed by atoms with Crippen molar-refractivity contribution < 1.29 is 27.9 Å². The zero-order chi connectivity index (χ0) is 23.9. The number of esters is 1. The number of furan rings is 1. The van der Waals surface area contributed by atoms with Crippen LogP contribution in [0.5, 0.6) is 0 Å². The lowest BCUT2D eigenvalue weighted by Gasteiger charge is -2.10. The van der Waals surface area contributed by atoms with Crippen molar-refractivity contribution in [1.29, 1.82) is 0 Å². The molecule has 0 bridgehead atoms. The molecule has 0 atom stereocenters. The van der Waals surface area contributed by atoms with Gasteiger partial charge in [-0.2, -0.15) is 0 Å². The summed E-state index contributed by atoms with van der Waals surface area (Å²) in [5, 5.41) is -0.433. The van der Waals surface area contributed by atoms with Gasteiger partial charge in [-0.25, -0.2) is 9.18 Å². The Kier molecular flexibility index (Phi) is 6.18. The lowest BCUT2D eigenvalue weighted by molar-refractivity contribution is -0.123. The van der Waals surface area contributed by atoms with Crippen LogP contribution in [0.15, 0.2) is 45.7 Å². The highest BCUT2D eigenvalue weighted by Crippen LogP contribution is 2.35. The maximum Gasteiger partial charge on any atom is 0.373 e. The molecule has 2 amide bonds. The first-order valence-corrected chi connectivity index (χ1v) is 11.0. The van der Waals surface area contributed by atoms with Crippen molar-refractivity contribution in [2.45, 2.75) is 20.4 Å². The molecule has 1 aromatic carbocycles.